The molecule has 110 valence electrons. The maximum Gasteiger partial charge on any atom is 0.182 e. The van der Waals surface area contributed by atoms with Gasteiger partial charge in [0.15, 0.2) is 17.3 Å². The van der Waals surface area contributed by atoms with Crippen LogP contribution in [0.15, 0.2) is 42.5 Å². The summed E-state index contributed by atoms with van der Waals surface area (Å²) in [6, 6.07) is 9.89. The predicted octanol–water partition coefficient (Wildman–Crippen LogP) is 3.29. The molecule has 0 unspecified atom stereocenters. The smallest absolute Gasteiger partial charge is 0.182 e. The van der Waals surface area contributed by atoms with Crippen molar-refractivity contribution in [1.82, 2.24) is 0 Å². The molecule has 2 aromatic rings. The highest BCUT2D eigenvalue weighted by atomic mass is 19.1. The normalized spacial score (nSPS) is 10.3. The van der Waals surface area contributed by atoms with Crippen LogP contribution in [0.1, 0.15) is 10.4 Å². The van der Waals surface area contributed by atoms with Gasteiger partial charge in [-0.2, -0.15) is 0 Å². The molecular formula is C16H15F2NO2. The summed E-state index contributed by atoms with van der Waals surface area (Å²) in [5.74, 6) is -1.05. The molecule has 0 aliphatic heterocycles. The first kappa shape index (κ1) is 15.0. The van der Waals surface area contributed by atoms with Crippen molar-refractivity contribution in [2.24, 2.45) is 0 Å². The van der Waals surface area contributed by atoms with E-state index in [1.807, 2.05) is 0 Å². The molecule has 0 spiro atoms. The van der Waals surface area contributed by atoms with Crippen molar-refractivity contribution in [1.29, 1.82) is 0 Å². The molecule has 0 bridgehead atoms. The zero-order chi connectivity index (χ0) is 15.4. The largest absolute Gasteiger partial charge is 0.494 e. The van der Waals surface area contributed by atoms with Crippen molar-refractivity contribution < 1.29 is 18.3 Å². The number of likely N-dealkylation sites (N-methyl/N-ethyl adjacent to an activating group) is 1. The SMILES string of the molecule is COc1ccc(C(=O)CN(C)c2ccc(F)cc2)cc1F. The number of Topliss-reactive ketones (excluding diaryl/α,β-unsaturated/α-hetero) is 1. The third-order valence-corrected chi connectivity index (χ3v) is 3.12. The van der Waals surface area contributed by atoms with Crippen LogP contribution in [0.4, 0.5) is 14.5 Å². The highest BCUT2D eigenvalue weighted by Crippen LogP contribution is 2.19. The number of ketones is 1. The molecule has 0 N–H and O–H groups in total. The summed E-state index contributed by atoms with van der Waals surface area (Å²) < 4.78 is 31.2. The van der Waals surface area contributed by atoms with Crippen molar-refractivity contribution in [2.45, 2.75) is 0 Å². The Kier molecular flexibility index (Phi) is 4.52. The Morgan fingerprint density at radius 3 is 2.38 bits per heavy atom. The van der Waals surface area contributed by atoms with E-state index >= 15 is 0 Å². The van der Waals surface area contributed by atoms with Gasteiger partial charge < -0.3 is 9.64 Å². The van der Waals surface area contributed by atoms with Gasteiger partial charge in [0.1, 0.15) is 5.82 Å². The number of ether oxygens (including phenoxy) is 1. The minimum absolute atomic E-state index is 0.0669. The number of benzene rings is 2. The number of hydrogen-bond donors (Lipinski definition) is 0. The van der Waals surface area contributed by atoms with Gasteiger partial charge in [-0.05, 0) is 42.5 Å². The van der Waals surface area contributed by atoms with Crippen LogP contribution >= 0.6 is 0 Å². The zero-order valence-corrected chi connectivity index (χ0v) is 11.8. The van der Waals surface area contributed by atoms with E-state index in [2.05, 4.69) is 0 Å². The fourth-order valence-electron chi connectivity index (χ4n) is 1.93. The Balaban J connectivity index is 2.10. The molecule has 0 saturated carbocycles. The van der Waals surface area contributed by atoms with Gasteiger partial charge in [-0.3, -0.25) is 4.79 Å². The number of nitrogens with zero attached hydrogens (tertiary/aromatic N) is 1. The molecule has 0 heterocycles. The molecule has 0 atom stereocenters. The summed E-state index contributed by atoms with van der Waals surface area (Å²) in [5.41, 5.74) is 0.973. The Bertz CT molecular complexity index is 641. The number of hydrogen-bond acceptors (Lipinski definition) is 3. The van der Waals surface area contributed by atoms with Crippen LogP contribution in [0.2, 0.25) is 0 Å². The lowest BCUT2D eigenvalue weighted by Crippen LogP contribution is -2.25. The highest BCUT2D eigenvalue weighted by molar-refractivity contribution is 5.99. The summed E-state index contributed by atoms with van der Waals surface area (Å²) in [6.45, 7) is 0.0669. The number of halogens is 2. The van der Waals surface area contributed by atoms with Gasteiger partial charge in [-0.15, -0.1) is 0 Å². The Labute approximate surface area is 121 Å². The van der Waals surface area contributed by atoms with Crippen LogP contribution in [0.5, 0.6) is 5.75 Å². The van der Waals surface area contributed by atoms with E-state index in [1.54, 1.807) is 24.1 Å². The molecule has 0 aliphatic carbocycles. The lowest BCUT2D eigenvalue weighted by Gasteiger charge is -2.18. The summed E-state index contributed by atoms with van der Waals surface area (Å²) in [4.78, 5) is 13.8. The van der Waals surface area contributed by atoms with Crippen molar-refractivity contribution in [3.63, 3.8) is 0 Å². The fourth-order valence-corrected chi connectivity index (χ4v) is 1.93. The lowest BCUT2D eigenvalue weighted by molar-refractivity contribution is 0.1000. The number of rotatable bonds is 5. The van der Waals surface area contributed by atoms with Crippen molar-refractivity contribution in [2.75, 3.05) is 25.6 Å². The molecule has 5 heteroatoms. The van der Waals surface area contributed by atoms with Crippen LogP contribution < -0.4 is 9.64 Å². The minimum atomic E-state index is -0.576. The quantitative estimate of drug-likeness (QED) is 0.792. The average molecular weight is 291 g/mol. The molecule has 21 heavy (non-hydrogen) atoms. The molecule has 0 fully saturated rings. The van der Waals surface area contributed by atoms with Crippen molar-refractivity contribution in [3.8, 4) is 5.75 Å². The first-order valence-electron chi connectivity index (χ1n) is 6.34. The molecule has 3 nitrogen and oxygen atoms in total. The lowest BCUT2D eigenvalue weighted by atomic mass is 10.1. The second-order valence-corrected chi connectivity index (χ2v) is 4.60. The third kappa shape index (κ3) is 3.56. The number of carbonyl (C=O) groups excluding carboxylic acids is 1. The Morgan fingerprint density at radius 1 is 1.14 bits per heavy atom. The molecule has 2 rings (SSSR count). The first-order chi connectivity index (χ1) is 10.0. The van der Waals surface area contributed by atoms with E-state index in [0.29, 0.717) is 5.69 Å². The standard InChI is InChI=1S/C16H15F2NO2/c1-19(13-6-4-12(17)5-7-13)10-15(20)11-3-8-16(21-2)14(18)9-11/h3-9H,10H2,1-2H3. The van der Waals surface area contributed by atoms with Crippen LogP contribution in [-0.2, 0) is 0 Å². The van der Waals surface area contributed by atoms with Crippen LogP contribution in [0, 0.1) is 11.6 Å². The van der Waals surface area contributed by atoms with Gasteiger partial charge in [0, 0.05) is 18.3 Å². The highest BCUT2D eigenvalue weighted by Gasteiger charge is 2.13. The maximum atomic E-state index is 13.6. The molecule has 2 aromatic carbocycles. The van der Waals surface area contributed by atoms with Crippen molar-refractivity contribution in [3.05, 3.63) is 59.7 Å². The minimum Gasteiger partial charge on any atom is -0.494 e. The second kappa shape index (κ2) is 6.35. The number of anilines is 1. The zero-order valence-electron chi connectivity index (χ0n) is 11.8. The Hall–Kier alpha value is -2.43. The number of carbonyl (C=O) groups is 1. The molecule has 0 radical (unpaired) electrons. The topological polar surface area (TPSA) is 29.5 Å². The van der Waals surface area contributed by atoms with Gasteiger partial charge in [0.05, 0.1) is 13.7 Å². The molecule has 0 aromatic heterocycles. The first-order valence-corrected chi connectivity index (χ1v) is 6.34. The van der Waals surface area contributed by atoms with E-state index in [1.165, 1.54) is 31.4 Å². The van der Waals surface area contributed by atoms with Crippen LogP contribution in [0.3, 0.4) is 0 Å². The molecule has 0 amide bonds. The van der Waals surface area contributed by atoms with Crippen LogP contribution in [0.25, 0.3) is 0 Å². The molecular weight excluding hydrogens is 276 g/mol. The van der Waals surface area contributed by atoms with Gasteiger partial charge in [-0.25, -0.2) is 8.78 Å². The molecule has 0 saturated heterocycles. The Morgan fingerprint density at radius 2 is 1.81 bits per heavy atom. The van der Waals surface area contributed by atoms with E-state index in [-0.39, 0.29) is 29.5 Å². The summed E-state index contributed by atoms with van der Waals surface area (Å²) in [5, 5.41) is 0. The second-order valence-electron chi connectivity index (χ2n) is 4.60. The van der Waals surface area contributed by atoms with E-state index in [0.717, 1.165) is 6.07 Å². The number of methoxy groups -OCH3 is 1. The molecule has 0 aliphatic rings. The van der Waals surface area contributed by atoms with Gasteiger partial charge >= 0.3 is 0 Å². The summed E-state index contributed by atoms with van der Waals surface area (Å²) >= 11 is 0. The van der Waals surface area contributed by atoms with Crippen molar-refractivity contribution >= 4 is 11.5 Å². The van der Waals surface area contributed by atoms with E-state index in [4.69, 9.17) is 4.74 Å². The van der Waals surface area contributed by atoms with Gasteiger partial charge in [0.2, 0.25) is 0 Å². The van der Waals surface area contributed by atoms with Gasteiger partial charge in [-0.1, -0.05) is 0 Å². The van der Waals surface area contributed by atoms with Gasteiger partial charge in [0.25, 0.3) is 0 Å². The fraction of sp³-hybridized carbons (Fsp3) is 0.188. The summed E-state index contributed by atoms with van der Waals surface area (Å²) in [6.07, 6.45) is 0. The third-order valence-electron chi connectivity index (χ3n) is 3.12. The van der Waals surface area contributed by atoms with Crippen LogP contribution in [-0.4, -0.2) is 26.5 Å². The average Bonchev–Trinajstić information content (AvgIpc) is 2.47. The monoisotopic (exact) mass is 291 g/mol. The maximum absolute atomic E-state index is 13.6. The summed E-state index contributed by atoms with van der Waals surface area (Å²) in [7, 11) is 3.08. The predicted molar refractivity (Wildman–Crippen MR) is 77.0 cm³/mol. The van der Waals surface area contributed by atoms with E-state index < -0.39 is 5.82 Å². The van der Waals surface area contributed by atoms with E-state index in [9.17, 15) is 13.6 Å².